The van der Waals surface area contributed by atoms with Crippen LogP contribution in [0.1, 0.15) is 29.0 Å². The number of imidazole rings is 1. The number of alkyl halides is 3. The number of fused-ring (bicyclic) bond motifs is 2. The van der Waals surface area contributed by atoms with Gasteiger partial charge in [-0.1, -0.05) is 6.07 Å². The third-order valence-electron chi connectivity index (χ3n) is 5.51. The number of hydrogen-bond acceptors (Lipinski definition) is 2. The third-order valence-corrected chi connectivity index (χ3v) is 5.51. The van der Waals surface area contributed by atoms with Gasteiger partial charge in [-0.3, -0.25) is 4.79 Å². The van der Waals surface area contributed by atoms with Crippen molar-refractivity contribution in [3.63, 3.8) is 0 Å². The summed E-state index contributed by atoms with van der Waals surface area (Å²) in [6.45, 7) is 2.36. The van der Waals surface area contributed by atoms with Gasteiger partial charge >= 0.3 is 6.18 Å². The van der Waals surface area contributed by atoms with Crippen LogP contribution in [0.4, 0.5) is 18.9 Å². The Kier molecular flexibility index (Phi) is 3.99. The SMILES string of the molecule is C[C@H]1CN(c2ccc(C(F)(F)F)cc2)C(=O)c2c(-c3ccc4cncn4c3)ccn21. The highest BCUT2D eigenvalue weighted by Gasteiger charge is 2.34. The number of amides is 1. The Morgan fingerprint density at radius 3 is 2.57 bits per heavy atom. The van der Waals surface area contributed by atoms with Crippen LogP contribution < -0.4 is 4.90 Å². The molecular weight excluding hydrogens is 393 g/mol. The first-order chi connectivity index (χ1) is 14.3. The Balaban J connectivity index is 1.56. The van der Waals surface area contributed by atoms with Gasteiger partial charge in [0.25, 0.3) is 5.91 Å². The lowest BCUT2D eigenvalue weighted by atomic mass is 10.0. The molecule has 1 aliphatic rings. The second-order valence-electron chi connectivity index (χ2n) is 7.44. The van der Waals surface area contributed by atoms with Crippen LogP contribution in [-0.2, 0) is 6.18 Å². The van der Waals surface area contributed by atoms with Crippen molar-refractivity contribution in [1.29, 1.82) is 0 Å². The van der Waals surface area contributed by atoms with Crippen LogP contribution in [-0.4, -0.2) is 26.4 Å². The van der Waals surface area contributed by atoms with Crippen LogP contribution in [0, 0.1) is 0 Å². The van der Waals surface area contributed by atoms with Crippen LogP contribution in [0.3, 0.4) is 0 Å². The summed E-state index contributed by atoms with van der Waals surface area (Å²) in [5.74, 6) is -0.237. The van der Waals surface area contributed by atoms with E-state index in [2.05, 4.69) is 4.98 Å². The minimum Gasteiger partial charge on any atom is -0.338 e. The summed E-state index contributed by atoms with van der Waals surface area (Å²) < 4.78 is 42.5. The van der Waals surface area contributed by atoms with E-state index < -0.39 is 11.7 Å². The van der Waals surface area contributed by atoms with Crippen molar-refractivity contribution >= 4 is 17.1 Å². The summed E-state index contributed by atoms with van der Waals surface area (Å²) in [6, 6.07) is 10.5. The highest BCUT2D eigenvalue weighted by Crippen LogP contribution is 2.35. The molecule has 152 valence electrons. The van der Waals surface area contributed by atoms with Crippen molar-refractivity contribution in [1.82, 2.24) is 14.0 Å². The van der Waals surface area contributed by atoms with Gasteiger partial charge in [0, 0.05) is 41.8 Å². The van der Waals surface area contributed by atoms with E-state index in [9.17, 15) is 18.0 Å². The molecule has 0 bridgehead atoms. The molecule has 1 aliphatic heterocycles. The first kappa shape index (κ1) is 18.5. The van der Waals surface area contributed by atoms with E-state index in [4.69, 9.17) is 0 Å². The van der Waals surface area contributed by atoms with Crippen LogP contribution in [0.15, 0.2) is 67.4 Å². The molecule has 30 heavy (non-hydrogen) atoms. The van der Waals surface area contributed by atoms with Gasteiger partial charge in [-0.05, 0) is 43.3 Å². The van der Waals surface area contributed by atoms with Gasteiger partial charge in [0.15, 0.2) is 0 Å². The standard InChI is InChI=1S/C22H17F3N4O/c1-14-11-29(17-6-3-16(4-7-17)22(23,24)25)21(30)20-19(8-9-28(14)20)15-2-5-18-10-26-13-27(18)12-15/h2-10,12-14H,11H2,1H3/t14-/m0/s1. The zero-order chi connectivity index (χ0) is 21.0. The number of nitrogens with zero attached hydrogens (tertiary/aromatic N) is 4. The van der Waals surface area contributed by atoms with Gasteiger partial charge < -0.3 is 13.9 Å². The second-order valence-corrected chi connectivity index (χ2v) is 7.44. The topological polar surface area (TPSA) is 42.5 Å². The van der Waals surface area contributed by atoms with Crippen molar-refractivity contribution in [2.75, 3.05) is 11.4 Å². The number of benzene rings is 1. The average Bonchev–Trinajstić information content (AvgIpc) is 3.37. The van der Waals surface area contributed by atoms with E-state index in [-0.39, 0.29) is 11.9 Å². The number of pyridine rings is 1. The van der Waals surface area contributed by atoms with Crippen molar-refractivity contribution < 1.29 is 18.0 Å². The van der Waals surface area contributed by atoms with Gasteiger partial charge in [-0.2, -0.15) is 13.2 Å². The highest BCUT2D eigenvalue weighted by atomic mass is 19.4. The molecule has 5 rings (SSSR count). The lowest BCUT2D eigenvalue weighted by Gasteiger charge is -2.33. The molecule has 0 saturated carbocycles. The van der Waals surface area contributed by atoms with E-state index in [1.165, 1.54) is 12.1 Å². The second kappa shape index (κ2) is 6.48. The molecule has 0 N–H and O–H groups in total. The zero-order valence-electron chi connectivity index (χ0n) is 16.0. The Morgan fingerprint density at radius 1 is 1.07 bits per heavy atom. The fraction of sp³-hybridized carbons (Fsp3) is 0.182. The first-order valence-electron chi connectivity index (χ1n) is 9.45. The number of carbonyl (C=O) groups is 1. The number of rotatable bonds is 2. The summed E-state index contributed by atoms with van der Waals surface area (Å²) in [5.41, 5.74) is 2.82. The average molecular weight is 410 g/mol. The summed E-state index contributed by atoms with van der Waals surface area (Å²) in [4.78, 5) is 19.0. The maximum absolute atomic E-state index is 13.4. The summed E-state index contributed by atoms with van der Waals surface area (Å²) >= 11 is 0. The zero-order valence-corrected chi connectivity index (χ0v) is 16.0. The summed E-state index contributed by atoms with van der Waals surface area (Å²) in [5, 5.41) is 0. The van der Waals surface area contributed by atoms with Gasteiger partial charge in [0.1, 0.15) is 5.69 Å². The van der Waals surface area contributed by atoms with E-state index in [0.717, 1.165) is 28.8 Å². The molecule has 0 spiro atoms. The molecule has 3 aromatic heterocycles. The molecule has 5 nitrogen and oxygen atoms in total. The number of anilines is 1. The molecule has 0 aliphatic carbocycles. The van der Waals surface area contributed by atoms with Crippen LogP contribution in [0.25, 0.3) is 16.6 Å². The minimum absolute atomic E-state index is 0.0225. The monoisotopic (exact) mass is 410 g/mol. The number of carbonyl (C=O) groups excluding carboxylic acids is 1. The Labute approximate surface area is 170 Å². The van der Waals surface area contributed by atoms with E-state index in [0.29, 0.717) is 17.9 Å². The number of hydrogen-bond donors (Lipinski definition) is 0. The summed E-state index contributed by atoms with van der Waals surface area (Å²) in [6.07, 6.45) is 2.83. The third kappa shape index (κ3) is 2.87. The predicted octanol–water partition coefficient (Wildman–Crippen LogP) is 5.04. The van der Waals surface area contributed by atoms with Crippen LogP contribution in [0.2, 0.25) is 0 Å². The Hall–Kier alpha value is -3.55. The Bertz CT molecular complexity index is 1250. The highest BCUT2D eigenvalue weighted by molar-refractivity contribution is 6.10. The van der Waals surface area contributed by atoms with Gasteiger partial charge in [-0.15, -0.1) is 0 Å². The summed E-state index contributed by atoms with van der Waals surface area (Å²) in [7, 11) is 0. The van der Waals surface area contributed by atoms with E-state index in [1.807, 2.05) is 46.5 Å². The van der Waals surface area contributed by atoms with Crippen molar-refractivity contribution in [3.8, 4) is 11.1 Å². The maximum atomic E-state index is 13.4. The van der Waals surface area contributed by atoms with Gasteiger partial charge in [0.05, 0.1) is 23.6 Å². The smallest absolute Gasteiger partial charge is 0.338 e. The molecule has 0 fully saturated rings. The van der Waals surface area contributed by atoms with E-state index >= 15 is 0 Å². The molecule has 8 heteroatoms. The lowest BCUT2D eigenvalue weighted by molar-refractivity contribution is -0.137. The number of halogens is 3. The van der Waals surface area contributed by atoms with Crippen molar-refractivity contribution in [2.24, 2.45) is 0 Å². The molecule has 1 aromatic carbocycles. The fourth-order valence-corrected chi connectivity index (χ4v) is 3.97. The predicted molar refractivity (Wildman–Crippen MR) is 106 cm³/mol. The Morgan fingerprint density at radius 2 is 1.83 bits per heavy atom. The molecule has 4 aromatic rings. The van der Waals surface area contributed by atoms with Gasteiger partial charge in [0.2, 0.25) is 0 Å². The fourth-order valence-electron chi connectivity index (χ4n) is 3.97. The molecule has 0 saturated heterocycles. The first-order valence-corrected chi connectivity index (χ1v) is 9.45. The van der Waals surface area contributed by atoms with Crippen LogP contribution >= 0.6 is 0 Å². The van der Waals surface area contributed by atoms with Gasteiger partial charge in [-0.25, -0.2) is 4.98 Å². The van der Waals surface area contributed by atoms with Crippen LogP contribution in [0.5, 0.6) is 0 Å². The molecular formula is C22H17F3N4O. The molecule has 4 heterocycles. The number of aromatic nitrogens is 3. The molecule has 1 atom stereocenters. The molecule has 0 radical (unpaired) electrons. The van der Waals surface area contributed by atoms with E-state index in [1.54, 1.807) is 17.4 Å². The molecule has 1 amide bonds. The van der Waals surface area contributed by atoms with Crippen molar-refractivity contribution in [2.45, 2.75) is 19.1 Å². The maximum Gasteiger partial charge on any atom is 0.416 e. The molecule has 0 unspecified atom stereocenters. The van der Waals surface area contributed by atoms with Crippen molar-refractivity contribution in [3.05, 3.63) is 78.6 Å². The lowest BCUT2D eigenvalue weighted by Crippen LogP contribution is -2.42. The largest absolute Gasteiger partial charge is 0.416 e. The minimum atomic E-state index is -4.41. The quantitative estimate of drug-likeness (QED) is 0.465. The normalized spacial score (nSPS) is 16.9.